The molecule has 0 aliphatic carbocycles. The molecule has 16 heavy (non-hydrogen) atoms. The first-order chi connectivity index (χ1) is 7.77. The van der Waals surface area contributed by atoms with Crippen molar-refractivity contribution in [3.8, 4) is 0 Å². The predicted octanol–water partition coefficient (Wildman–Crippen LogP) is 4.39. The monoisotopic (exact) mass is 224 g/mol. The molecule has 0 radical (unpaired) electrons. The van der Waals surface area contributed by atoms with Crippen LogP contribution in [-0.4, -0.2) is 11.1 Å². The highest BCUT2D eigenvalue weighted by atomic mass is 16.4. The smallest absolute Gasteiger partial charge is 0.327 e. The van der Waals surface area contributed by atoms with Crippen LogP contribution in [0.3, 0.4) is 0 Å². The molecule has 0 unspecified atom stereocenters. The van der Waals surface area contributed by atoms with E-state index in [9.17, 15) is 4.79 Å². The van der Waals surface area contributed by atoms with Crippen LogP contribution in [0.2, 0.25) is 0 Å². The highest BCUT2D eigenvalue weighted by Crippen LogP contribution is 1.79. The van der Waals surface area contributed by atoms with Crippen molar-refractivity contribution in [1.82, 2.24) is 0 Å². The van der Waals surface area contributed by atoms with Gasteiger partial charge >= 0.3 is 5.97 Å². The number of carboxylic acids is 1. The molecule has 1 aromatic carbocycles. The summed E-state index contributed by atoms with van der Waals surface area (Å²) < 4.78 is 0. The zero-order valence-corrected chi connectivity index (χ0v) is 11.0. The number of rotatable bonds is 1. The van der Waals surface area contributed by atoms with Crippen LogP contribution in [0.25, 0.3) is 0 Å². The number of aliphatic carboxylic acids is 1. The molecule has 0 aromatic heterocycles. The first-order valence-corrected chi connectivity index (χ1v) is 5.63. The minimum atomic E-state index is -0.891. The highest BCUT2D eigenvalue weighted by Gasteiger charge is 1.76. The lowest BCUT2D eigenvalue weighted by Crippen LogP contribution is -1.83. The summed E-state index contributed by atoms with van der Waals surface area (Å²) in [6.45, 7) is 9.66. The molecule has 1 N–H and O–H groups in total. The maximum Gasteiger partial charge on any atom is 0.327 e. The molecule has 2 heteroatoms. The third kappa shape index (κ3) is 29.4. The Morgan fingerprint density at radius 2 is 1.12 bits per heavy atom. The Balaban J connectivity index is -0.000000162. The zero-order valence-electron chi connectivity index (χ0n) is 11.0. The van der Waals surface area contributed by atoms with E-state index in [1.807, 2.05) is 64.1 Å². The van der Waals surface area contributed by atoms with Crippen molar-refractivity contribution in [1.29, 1.82) is 0 Å². The lowest BCUT2D eigenvalue weighted by Gasteiger charge is -1.69. The second-order valence-corrected chi connectivity index (χ2v) is 1.99. The Morgan fingerprint density at radius 1 is 0.875 bits per heavy atom. The van der Waals surface area contributed by atoms with E-state index in [4.69, 9.17) is 5.11 Å². The first-order valence-electron chi connectivity index (χ1n) is 5.63. The molecule has 0 heterocycles. The van der Waals surface area contributed by atoms with Crippen molar-refractivity contribution in [2.45, 2.75) is 34.6 Å². The van der Waals surface area contributed by atoms with E-state index in [0.717, 1.165) is 6.08 Å². The Hall–Kier alpha value is -1.57. The lowest BCUT2D eigenvalue weighted by atomic mass is 10.4. The van der Waals surface area contributed by atoms with E-state index < -0.39 is 5.97 Å². The summed E-state index contributed by atoms with van der Waals surface area (Å²) in [6, 6.07) is 12.0. The van der Waals surface area contributed by atoms with E-state index in [1.54, 1.807) is 6.92 Å². The number of carbonyl (C=O) groups is 1. The Bertz CT molecular complexity index is 201. The molecule has 0 bridgehead atoms. The number of carboxylic acid groups (broad SMARTS) is 1. The van der Waals surface area contributed by atoms with Gasteiger partial charge in [0.2, 0.25) is 0 Å². The van der Waals surface area contributed by atoms with Gasteiger partial charge in [0.25, 0.3) is 0 Å². The number of allylic oxidation sites excluding steroid dienone is 1. The van der Waals surface area contributed by atoms with E-state index in [-0.39, 0.29) is 0 Å². The quantitative estimate of drug-likeness (QED) is 0.718. The van der Waals surface area contributed by atoms with Gasteiger partial charge in [0.05, 0.1) is 0 Å². The second kappa shape index (κ2) is 23.3. The average Bonchev–Trinajstić information content (AvgIpc) is 2.37. The Kier molecular flexibility index (Phi) is 29.1. The Morgan fingerprint density at radius 3 is 1.19 bits per heavy atom. The van der Waals surface area contributed by atoms with Gasteiger partial charge in [0, 0.05) is 6.08 Å². The molecule has 0 saturated heterocycles. The van der Waals surface area contributed by atoms with Gasteiger partial charge in [0.15, 0.2) is 0 Å². The molecule has 0 saturated carbocycles. The fourth-order valence-corrected chi connectivity index (χ4v) is 0.527. The first kappa shape index (κ1) is 19.9. The fraction of sp³-hybridized carbons (Fsp3) is 0.357. The van der Waals surface area contributed by atoms with Gasteiger partial charge in [-0.2, -0.15) is 0 Å². The minimum Gasteiger partial charge on any atom is -0.478 e. The molecule has 0 fully saturated rings. The summed E-state index contributed by atoms with van der Waals surface area (Å²) in [7, 11) is 0. The summed E-state index contributed by atoms with van der Waals surface area (Å²) >= 11 is 0. The van der Waals surface area contributed by atoms with Crippen LogP contribution in [0, 0.1) is 0 Å². The second-order valence-electron chi connectivity index (χ2n) is 1.99. The van der Waals surface area contributed by atoms with Crippen molar-refractivity contribution >= 4 is 5.97 Å². The minimum absolute atomic E-state index is 0.891. The van der Waals surface area contributed by atoms with Gasteiger partial charge in [-0.3, -0.25) is 0 Å². The molecular formula is C14H24O2. The third-order valence-electron chi connectivity index (χ3n) is 0.976. The molecular weight excluding hydrogens is 200 g/mol. The number of hydrogen-bond donors (Lipinski definition) is 1. The van der Waals surface area contributed by atoms with E-state index in [0.29, 0.717) is 0 Å². The van der Waals surface area contributed by atoms with Gasteiger partial charge in [-0.25, -0.2) is 4.79 Å². The van der Waals surface area contributed by atoms with Gasteiger partial charge in [-0.1, -0.05) is 70.2 Å². The maximum absolute atomic E-state index is 9.51. The fourth-order valence-electron chi connectivity index (χ4n) is 0.527. The standard InChI is InChI=1S/C6H6.C4H6O2.2C2H6/c1-2-4-6-5-3-1;1-2-3-4(5)6;2*1-2/h1-6H;2-3H,1H3,(H,5,6);2*1-2H3. The van der Waals surface area contributed by atoms with Crippen molar-refractivity contribution in [2.75, 3.05) is 0 Å². The van der Waals surface area contributed by atoms with Gasteiger partial charge < -0.3 is 5.11 Å². The lowest BCUT2D eigenvalue weighted by molar-refractivity contribution is -0.131. The normalized spacial score (nSPS) is 7.31. The summed E-state index contributed by atoms with van der Waals surface area (Å²) in [5, 5.41) is 7.83. The third-order valence-corrected chi connectivity index (χ3v) is 0.976. The average molecular weight is 224 g/mol. The van der Waals surface area contributed by atoms with Crippen LogP contribution in [0.5, 0.6) is 0 Å². The largest absolute Gasteiger partial charge is 0.478 e. The molecule has 1 aromatic rings. The molecule has 0 spiro atoms. The van der Waals surface area contributed by atoms with E-state index in [2.05, 4.69) is 0 Å². The van der Waals surface area contributed by atoms with Crippen LogP contribution in [0.4, 0.5) is 0 Å². The van der Waals surface area contributed by atoms with Crippen molar-refractivity contribution in [3.63, 3.8) is 0 Å². The van der Waals surface area contributed by atoms with Gasteiger partial charge in [0.1, 0.15) is 0 Å². The predicted molar refractivity (Wildman–Crippen MR) is 71.6 cm³/mol. The topological polar surface area (TPSA) is 37.3 Å². The molecule has 0 aliphatic rings. The molecule has 0 atom stereocenters. The summed E-state index contributed by atoms with van der Waals surface area (Å²) in [6.07, 6.45) is 2.56. The number of benzene rings is 1. The molecule has 2 nitrogen and oxygen atoms in total. The molecule has 0 amide bonds. The van der Waals surface area contributed by atoms with Crippen LogP contribution in [-0.2, 0) is 4.79 Å². The molecule has 0 aliphatic heterocycles. The van der Waals surface area contributed by atoms with Crippen LogP contribution in [0.1, 0.15) is 34.6 Å². The van der Waals surface area contributed by atoms with Crippen molar-refractivity contribution in [3.05, 3.63) is 48.6 Å². The van der Waals surface area contributed by atoms with Crippen LogP contribution < -0.4 is 0 Å². The Labute approximate surface area is 99.6 Å². The summed E-state index contributed by atoms with van der Waals surface area (Å²) in [4.78, 5) is 9.51. The van der Waals surface area contributed by atoms with Gasteiger partial charge in [-0.05, 0) is 6.92 Å². The van der Waals surface area contributed by atoms with Gasteiger partial charge in [-0.15, -0.1) is 0 Å². The summed E-state index contributed by atoms with van der Waals surface area (Å²) in [5.41, 5.74) is 0. The highest BCUT2D eigenvalue weighted by molar-refractivity contribution is 5.79. The van der Waals surface area contributed by atoms with Crippen LogP contribution >= 0.6 is 0 Å². The molecule has 1 rings (SSSR count). The SMILES string of the molecule is CC.CC.CC=CC(=O)O.c1ccccc1. The number of hydrogen-bond acceptors (Lipinski definition) is 1. The van der Waals surface area contributed by atoms with Crippen molar-refractivity contribution < 1.29 is 9.90 Å². The van der Waals surface area contributed by atoms with E-state index in [1.165, 1.54) is 6.08 Å². The van der Waals surface area contributed by atoms with E-state index >= 15 is 0 Å². The zero-order chi connectivity index (χ0) is 13.2. The van der Waals surface area contributed by atoms with Crippen LogP contribution in [0.15, 0.2) is 48.6 Å². The maximum atomic E-state index is 9.51. The molecule has 92 valence electrons. The summed E-state index contributed by atoms with van der Waals surface area (Å²) in [5.74, 6) is -0.891. The van der Waals surface area contributed by atoms with Crippen molar-refractivity contribution in [2.24, 2.45) is 0 Å².